The number of hydrogen-bond donors (Lipinski definition) is 0. The second kappa shape index (κ2) is 6.31. The van der Waals surface area contributed by atoms with Gasteiger partial charge >= 0.3 is 7.82 Å². The summed E-state index contributed by atoms with van der Waals surface area (Å²) in [7, 11) is -3.75. The number of para-hydroxylation sites is 1. The first-order valence-electron chi connectivity index (χ1n) is 7.28. The lowest BCUT2D eigenvalue weighted by atomic mass is 10.1. The van der Waals surface area contributed by atoms with Crippen molar-refractivity contribution in [3.8, 4) is 5.75 Å². The predicted molar refractivity (Wildman–Crippen MR) is 83.3 cm³/mol. The lowest BCUT2D eigenvalue weighted by Crippen LogP contribution is -2.43. The second-order valence-electron chi connectivity index (χ2n) is 4.77. The fourth-order valence-electron chi connectivity index (χ4n) is 2.39. The van der Waals surface area contributed by atoms with E-state index in [1.807, 2.05) is 0 Å². The van der Waals surface area contributed by atoms with Crippen molar-refractivity contribution in [3.63, 3.8) is 0 Å². The summed E-state index contributed by atoms with van der Waals surface area (Å²) < 4.78 is 33.4. The van der Waals surface area contributed by atoms with Gasteiger partial charge in [-0.05, 0) is 26.0 Å². The van der Waals surface area contributed by atoms with Crippen LogP contribution in [0.1, 0.15) is 13.8 Å². The highest BCUT2D eigenvalue weighted by Crippen LogP contribution is 2.51. The summed E-state index contributed by atoms with van der Waals surface area (Å²) >= 11 is 0. The first-order valence-corrected chi connectivity index (χ1v) is 8.75. The lowest BCUT2D eigenvalue weighted by molar-refractivity contribution is -0.121. The summed E-state index contributed by atoms with van der Waals surface area (Å²) in [4.78, 5) is 17.9. The van der Waals surface area contributed by atoms with Gasteiger partial charge < -0.3 is 9.26 Å². The van der Waals surface area contributed by atoms with Crippen molar-refractivity contribution >= 4 is 31.0 Å². The molecule has 0 unspecified atom stereocenters. The number of rotatable bonds is 5. The van der Waals surface area contributed by atoms with Gasteiger partial charge in [0.05, 0.1) is 18.9 Å². The van der Waals surface area contributed by atoms with Crippen molar-refractivity contribution < 1.29 is 27.7 Å². The molecule has 23 heavy (non-hydrogen) atoms. The van der Waals surface area contributed by atoms with Gasteiger partial charge in [0.25, 0.3) is 5.91 Å². The Morgan fingerprint density at radius 3 is 2.74 bits per heavy atom. The maximum absolute atomic E-state index is 12.5. The number of phosphoric acid groups is 1. The molecule has 0 bridgehead atoms. The Hall–Kier alpha value is -1.89. The molecule has 0 fully saturated rings. The molecule has 0 saturated carbocycles. The predicted octanol–water partition coefficient (Wildman–Crippen LogP) is 2.65. The highest BCUT2D eigenvalue weighted by atomic mass is 31.2. The van der Waals surface area contributed by atoms with Gasteiger partial charge in [-0.15, -0.1) is 0 Å². The van der Waals surface area contributed by atoms with E-state index in [9.17, 15) is 9.36 Å². The minimum absolute atomic E-state index is 0.0519. The van der Waals surface area contributed by atoms with Crippen LogP contribution in [0.2, 0.25) is 0 Å². The SMILES string of the molecule is CCOP(=O)(OCC)OC1=Nc2cccc3c2N(C1)C(=O)CO3. The van der Waals surface area contributed by atoms with Crippen LogP contribution >= 0.6 is 7.82 Å². The molecule has 0 radical (unpaired) electrons. The van der Waals surface area contributed by atoms with Gasteiger partial charge in [-0.25, -0.2) is 9.56 Å². The summed E-state index contributed by atoms with van der Waals surface area (Å²) in [5.74, 6) is 0.474. The number of benzene rings is 1. The minimum atomic E-state index is -3.75. The number of nitrogens with zero attached hydrogens (tertiary/aromatic N) is 2. The summed E-state index contributed by atoms with van der Waals surface area (Å²) in [6, 6.07) is 5.26. The third-order valence-corrected chi connectivity index (χ3v) is 4.81. The van der Waals surface area contributed by atoms with Crippen LogP contribution in [0.5, 0.6) is 5.75 Å². The van der Waals surface area contributed by atoms with Gasteiger partial charge in [0.15, 0.2) is 6.61 Å². The number of phosphoric ester groups is 1. The molecule has 1 aromatic rings. The van der Waals surface area contributed by atoms with E-state index in [4.69, 9.17) is 18.3 Å². The Labute approximate surface area is 133 Å². The number of ether oxygens (including phenoxy) is 1. The lowest BCUT2D eigenvalue weighted by Gasteiger charge is -2.33. The molecule has 0 saturated heterocycles. The zero-order chi connectivity index (χ0) is 16.4. The van der Waals surface area contributed by atoms with Crippen LogP contribution in [0.3, 0.4) is 0 Å². The average molecular weight is 340 g/mol. The summed E-state index contributed by atoms with van der Waals surface area (Å²) in [5.41, 5.74) is 1.11. The average Bonchev–Trinajstić information content (AvgIpc) is 2.51. The van der Waals surface area contributed by atoms with Gasteiger partial charge in [-0.1, -0.05) is 6.07 Å². The molecular formula is C14H17N2O6P. The van der Waals surface area contributed by atoms with Crippen molar-refractivity contribution in [2.75, 3.05) is 31.3 Å². The van der Waals surface area contributed by atoms with Crippen LogP contribution in [0.15, 0.2) is 23.2 Å². The molecule has 1 amide bonds. The summed E-state index contributed by atoms with van der Waals surface area (Å²) in [6.45, 7) is 3.70. The molecule has 9 heteroatoms. The van der Waals surface area contributed by atoms with Crippen molar-refractivity contribution in [2.24, 2.45) is 4.99 Å². The number of carbonyl (C=O) groups is 1. The Kier molecular flexibility index (Phi) is 4.39. The van der Waals surface area contributed by atoms with Gasteiger partial charge in [0.2, 0.25) is 5.90 Å². The zero-order valence-corrected chi connectivity index (χ0v) is 13.7. The van der Waals surface area contributed by atoms with Crippen molar-refractivity contribution in [1.29, 1.82) is 0 Å². The monoisotopic (exact) mass is 340 g/mol. The first kappa shape index (κ1) is 16.0. The number of hydrogen-bond acceptors (Lipinski definition) is 7. The molecule has 0 aromatic heterocycles. The fourth-order valence-corrected chi connectivity index (χ4v) is 3.56. The third-order valence-electron chi connectivity index (χ3n) is 3.23. The molecular weight excluding hydrogens is 323 g/mol. The largest absolute Gasteiger partial charge is 0.531 e. The minimum Gasteiger partial charge on any atom is -0.481 e. The van der Waals surface area contributed by atoms with E-state index in [0.717, 1.165) is 0 Å². The van der Waals surface area contributed by atoms with E-state index in [-0.39, 0.29) is 38.2 Å². The maximum Gasteiger partial charge on any atom is 0.531 e. The summed E-state index contributed by atoms with van der Waals surface area (Å²) in [6.07, 6.45) is 0. The quantitative estimate of drug-likeness (QED) is 0.766. The highest BCUT2D eigenvalue weighted by Gasteiger charge is 2.36. The molecule has 2 aliphatic heterocycles. The van der Waals surface area contributed by atoms with Crippen LogP contribution in [-0.4, -0.2) is 38.2 Å². The molecule has 0 aliphatic carbocycles. The molecule has 124 valence electrons. The molecule has 0 atom stereocenters. The van der Waals surface area contributed by atoms with Gasteiger partial charge in [0.1, 0.15) is 18.0 Å². The Morgan fingerprint density at radius 1 is 1.30 bits per heavy atom. The third kappa shape index (κ3) is 3.10. The Morgan fingerprint density at radius 2 is 2.04 bits per heavy atom. The van der Waals surface area contributed by atoms with E-state index < -0.39 is 7.82 Å². The van der Waals surface area contributed by atoms with Gasteiger partial charge in [0, 0.05) is 0 Å². The van der Waals surface area contributed by atoms with Gasteiger partial charge in [-0.2, -0.15) is 0 Å². The number of anilines is 1. The van der Waals surface area contributed by atoms with Crippen molar-refractivity contribution in [1.82, 2.24) is 0 Å². The Bertz CT molecular complexity index is 695. The molecule has 1 aromatic carbocycles. The molecule has 3 rings (SSSR count). The smallest absolute Gasteiger partial charge is 0.481 e. The van der Waals surface area contributed by atoms with Gasteiger partial charge in [-0.3, -0.25) is 18.7 Å². The van der Waals surface area contributed by atoms with E-state index in [0.29, 0.717) is 17.1 Å². The maximum atomic E-state index is 12.5. The molecule has 8 nitrogen and oxygen atoms in total. The standard InChI is InChI=1S/C14H17N2O6P/c1-3-20-23(18,21-4-2)22-12-8-16-13(17)9-19-11-7-5-6-10(15-12)14(11)16/h5-7H,3-4,8-9H2,1-2H3. The zero-order valence-electron chi connectivity index (χ0n) is 12.9. The number of amides is 1. The topological polar surface area (TPSA) is 86.7 Å². The Balaban J connectivity index is 1.93. The normalized spacial score (nSPS) is 16.5. The molecule has 2 heterocycles. The number of carbonyl (C=O) groups excluding carboxylic acids is 1. The van der Waals surface area contributed by atoms with E-state index in [2.05, 4.69) is 4.99 Å². The van der Waals surface area contributed by atoms with Crippen LogP contribution in [0, 0.1) is 0 Å². The summed E-state index contributed by atoms with van der Waals surface area (Å²) in [5, 5.41) is 0. The fraction of sp³-hybridized carbons (Fsp3) is 0.429. The molecule has 0 N–H and O–H groups in total. The van der Waals surface area contributed by atoms with E-state index >= 15 is 0 Å². The van der Waals surface area contributed by atoms with Crippen LogP contribution in [0.4, 0.5) is 11.4 Å². The second-order valence-corrected chi connectivity index (χ2v) is 6.37. The van der Waals surface area contributed by atoms with E-state index in [1.165, 1.54) is 4.90 Å². The first-order chi connectivity index (χ1) is 11.1. The molecule has 2 aliphatic rings. The van der Waals surface area contributed by atoms with Crippen molar-refractivity contribution in [3.05, 3.63) is 18.2 Å². The highest BCUT2D eigenvalue weighted by molar-refractivity contribution is 7.49. The van der Waals surface area contributed by atoms with Crippen LogP contribution in [-0.2, 0) is 22.9 Å². The number of aliphatic imine (C=N–C) groups is 1. The van der Waals surface area contributed by atoms with Crippen LogP contribution in [0.25, 0.3) is 0 Å². The molecule has 0 spiro atoms. The van der Waals surface area contributed by atoms with Crippen molar-refractivity contribution in [2.45, 2.75) is 13.8 Å². The van der Waals surface area contributed by atoms with E-state index in [1.54, 1.807) is 32.0 Å². The van der Waals surface area contributed by atoms with Crippen LogP contribution < -0.4 is 9.64 Å².